The molecule has 16 heavy (non-hydrogen) atoms. The SMILES string of the molecule is CCC(C#N)C(O)c1ccccc1C1CC1. The first kappa shape index (κ1) is 11.2. The van der Waals surface area contributed by atoms with Gasteiger partial charge in [-0.15, -0.1) is 0 Å². The lowest BCUT2D eigenvalue weighted by molar-refractivity contribution is 0.132. The Labute approximate surface area is 96.5 Å². The van der Waals surface area contributed by atoms with Crippen LogP contribution in [-0.2, 0) is 0 Å². The van der Waals surface area contributed by atoms with Crippen molar-refractivity contribution in [3.8, 4) is 6.07 Å². The normalized spacial score (nSPS) is 18.8. The molecule has 1 aromatic carbocycles. The summed E-state index contributed by atoms with van der Waals surface area (Å²) >= 11 is 0. The number of hydrogen-bond donors (Lipinski definition) is 1. The van der Waals surface area contributed by atoms with Gasteiger partial charge in [0.25, 0.3) is 0 Å². The molecule has 2 rings (SSSR count). The lowest BCUT2D eigenvalue weighted by atomic mass is 9.90. The summed E-state index contributed by atoms with van der Waals surface area (Å²) in [5.74, 6) is 0.321. The zero-order valence-corrected chi connectivity index (χ0v) is 9.56. The van der Waals surface area contributed by atoms with Gasteiger partial charge in [0.2, 0.25) is 0 Å². The Bertz CT molecular complexity index is 403. The van der Waals surface area contributed by atoms with E-state index in [1.807, 2.05) is 25.1 Å². The monoisotopic (exact) mass is 215 g/mol. The third-order valence-electron chi connectivity index (χ3n) is 3.32. The van der Waals surface area contributed by atoms with E-state index >= 15 is 0 Å². The molecule has 1 saturated carbocycles. The second-order valence-electron chi connectivity index (χ2n) is 4.49. The van der Waals surface area contributed by atoms with E-state index in [1.54, 1.807) is 0 Å². The van der Waals surface area contributed by atoms with Crippen LogP contribution >= 0.6 is 0 Å². The largest absolute Gasteiger partial charge is 0.387 e. The van der Waals surface area contributed by atoms with Gasteiger partial charge in [-0.2, -0.15) is 5.26 Å². The minimum atomic E-state index is -0.633. The molecule has 1 aliphatic carbocycles. The molecular formula is C14H17NO. The number of aliphatic hydroxyl groups is 1. The number of hydrogen-bond acceptors (Lipinski definition) is 2. The third-order valence-corrected chi connectivity index (χ3v) is 3.32. The fourth-order valence-corrected chi connectivity index (χ4v) is 2.15. The highest BCUT2D eigenvalue weighted by Gasteiger charge is 2.29. The van der Waals surface area contributed by atoms with Crippen molar-refractivity contribution in [1.82, 2.24) is 0 Å². The fourth-order valence-electron chi connectivity index (χ4n) is 2.15. The highest BCUT2D eigenvalue weighted by molar-refractivity contribution is 5.35. The van der Waals surface area contributed by atoms with Crippen LogP contribution in [-0.4, -0.2) is 5.11 Å². The molecule has 0 spiro atoms. The number of nitrogens with zero attached hydrogens (tertiary/aromatic N) is 1. The summed E-state index contributed by atoms with van der Waals surface area (Å²) in [7, 11) is 0. The Morgan fingerprint density at radius 3 is 2.69 bits per heavy atom. The summed E-state index contributed by atoms with van der Waals surface area (Å²) in [5.41, 5.74) is 2.20. The highest BCUT2D eigenvalue weighted by Crippen LogP contribution is 2.43. The van der Waals surface area contributed by atoms with Gasteiger partial charge >= 0.3 is 0 Å². The molecule has 1 N–H and O–H groups in total. The Balaban J connectivity index is 2.28. The van der Waals surface area contributed by atoms with Gasteiger partial charge in [-0.25, -0.2) is 0 Å². The zero-order valence-electron chi connectivity index (χ0n) is 9.56. The Morgan fingerprint density at radius 1 is 1.44 bits per heavy atom. The maximum Gasteiger partial charge on any atom is 0.0950 e. The van der Waals surface area contributed by atoms with E-state index in [1.165, 1.54) is 18.4 Å². The van der Waals surface area contributed by atoms with Crippen molar-refractivity contribution in [2.75, 3.05) is 0 Å². The van der Waals surface area contributed by atoms with Crippen molar-refractivity contribution in [3.63, 3.8) is 0 Å². The van der Waals surface area contributed by atoms with Crippen LogP contribution in [0.1, 0.15) is 49.3 Å². The average molecular weight is 215 g/mol. The number of benzene rings is 1. The number of rotatable bonds is 4. The lowest BCUT2D eigenvalue weighted by Crippen LogP contribution is -2.11. The molecule has 1 fully saturated rings. The van der Waals surface area contributed by atoms with Crippen LogP contribution in [0.3, 0.4) is 0 Å². The van der Waals surface area contributed by atoms with Crippen molar-refractivity contribution in [3.05, 3.63) is 35.4 Å². The van der Waals surface area contributed by atoms with Crippen molar-refractivity contribution in [2.24, 2.45) is 5.92 Å². The first-order chi connectivity index (χ1) is 7.77. The van der Waals surface area contributed by atoms with Gasteiger partial charge in [-0.3, -0.25) is 0 Å². The molecule has 2 unspecified atom stereocenters. The number of nitriles is 1. The standard InChI is InChI=1S/C14H17NO/c1-2-10(9-15)14(16)13-6-4-3-5-12(13)11-7-8-11/h3-6,10-11,14,16H,2,7-8H2,1H3. The quantitative estimate of drug-likeness (QED) is 0.838. The van der Waals surface area contributed by atoms with Crippen LogP contribution in [0.4, 0.5) is 0 Å². The third kappa shape index (κ3) is 2.10. The lowest BCUT2D eigenvalue weighted by Gasteiger charge is -2.18. The summed E-state index contributed by atoms with van der Waals surface area (Å²) < 4.78 is 0. The van der Waals surface area contributed by atoms with Crippen LogP contribution in [0.5, 0.6) is 0 Å². The van der Waals surface area contributed by atoms with Crippen molar-refractivity contribution < 1.29 is 5.11 Å². The van der Waals surface area contributed by atoms with E-state index in [9.17, 15) is 5.11 Å². The highest BCUT2D eigenvalue weighted by atomic mass is 16.3. The summed E-state index contributed by atoms with van der Waals surface area (Å²) in [6.45, 7) is 1.94. The summed E-state index contributed by atoms with van der Waals surface area (Å²) in [5, 5.41) is 19.2. The minimum absolute atomic E-state index is 0.292. The minimum Gasteiger partial charge on any atom is -0.387 e. The molecule has 0 aliphatic heterocycles. The van der Waals surface area contributed by atoms with Crippen LogP contribution in [0.15, 0.2) is 24.3 Å². The van der Waals surface area contributed by atoms with Gasteiger partial charge in [0.05, 0.1) is 18.1 Å². The summed E-state index contributed by atoms with van der Waals surface area (Å²) in [6, 6.07) is 10.2. The Kier molecular flexibility index (Phi) is 3.26. The van der Waals surface area contributed by atoms with E-state index in [0.717, 1.165) is 5.56 Å². The van der Waals surface area contributed by atoms with E-state index in [0.29, 0.717) is 12.3 Å². The molecule has 0 heterocycles. The maximum absolute atomic E-state index is 10.2. The second-order valence-corrected chi connectivity index (χ2v) is 4.49. The predicted molar refractivity (Wildman–Crippen MR) is 62.8 cm³/mol. The predicted octanol–water partition coefficient (Wildman–Crippen LogP) is 3.15. The first-order valence-corrected chi connectivity index (χ1v) is 5.94. The second kappa shape index (κ2) is 4.67. The van der Waals surface area contributed by atoms with Gasteiger partial charge in [0.1, 0.15) is 0 Å². The van der Waals surface area contributed by atoms with Crippen LogP contribution in [0.25, 0.3) is 0 Å². The van der Waals surface area contributed by atoms with E-state index < -0.39 is 6.10 Å². The molecule has 1 aliphatic rings. The van der Waals surface area contributed by atoms with Crippen molar-refractivity contribution >= 4 is 0 Å². The average Bonchev–Trinajstić information content (AvgIpc) is 3.14. The molecular weight excluding hydrogens is 198 g/mol. The van der Waals surface area contributed by atoms with Crippen LogP contribution in [0.2, 0.25) is 0 Å². The molecule has 0 saturated heterocycles. The van der Waals surface area contributed by atoms with Gasteiger partial charge in [-0.1, -0.05) is 31.2 Å². The summed E-state index contributed by atoms with van der Waals surface area (Å²) in [6.07, 6.45) is 2.49. The molecule has 0 aromatic heterocycles. The molecule has 84 valence electrons. The molecule has 2 heteroatoms. The number of aliphatic hydroxyl groups excluding tert-OH is 1. The van der Waals surface area contributed by atoms with E-state index in [2.05, 4.69) is 12.1 Å². The molecule has 2 nitrogen and oxygen atoms in total. The van der Waals surface area contributed by atoms with Gasteiger partial charge in [-0.05, 0) is 36.3 Å². The fraction of sp³-hybridized carbons (Fsp3) is 0.500. The molecule has 0 radical (unpaired) electrons. The van der Waals surface area contributed by atoms with Gasteiger partial charge in [0, 0.05) is 0 Å². The van der Waals surface area contributed by atoms with Gasteiger partial charge in [0.15, 0.2) is 0 Å². The molecule has 1 aromatic rings. The topological polar surface area (TPSA) is 44.0 Å². The van der Waals surface area contributed by atoms with Crippen molar-refractivity contribution in [2.45, 2.75) is 38.2 Å². The van der Waals surface area contributed by atoms with E-state index in [4.69, 9.17) is 5.26 Å². The van der Waals surface area contributed by atoms with E-state index in [-0.39, 0.29) is 5.92 Å². The van der Waals surface area contributed by atoms with Crippen LogP contribution in [0, 0.1) is 17.2 Å². The molecule has 2 atom stereocenters. The maximum atomic E-state index is 10.2. The van der Waals surface area contributed by atoms with Crippen molar-refractivity contribution in [1.29, 1.82) is 5.26 Å². The smallest absolute Gasteiger partial charge is 0.0950 e. The zero-order chi connectivity index (χ0) is 11.5. The Morgan fingerprint density at radius 2 is 2.12 bits per heavy atom. The molecule has 0 bridgehead atoms. The summed E-state index contributed by atoms with van der Waals surface area (Å²) in [4.78, 5) is 0. The van der Waals surface area contributed by atoms with Crippen LogP contribution < -0.4 is 0 Å². The van der Waals surface area contributed by atoms with Gasteiger partial charge < -0.3 is 5.11 Å². The molecule has 0 amide bonds. The first-order valence-electron chi connectivity index (χ1n) is 5.94. The Hall–Kier alpha value is -1.33.